The molecule has 2 atom stereocenters. The zero-order chi connectivity index (χ0) is 17.2. The Bertz CT molecular complexity index is 649. The minimum atomic E-state index is -4.73. The molecule has 1 aliphatic heterocycles. The lowest BCUT2D eigenvalue weighted by Gasteiger charge is -2.15. The molecule has 0 saturated heterocycles. The Balaban J connectivity index is 0.00000225. The van der Waals surface area contributed by atoms with Crippen LogP contribution in [0.15, 0.2) is 35.9 Å². The van der Waals surface area contributed by atoms with Crippen LogP contribution in [0.3, 0.4) is 0 Å². The van der Waals surface area contributed by atoms with E-state index in [2.05, 4.69) is 21.4 Å². The third-order valence-corrected chi connectivity index (χ3v) is 4.32. The molecule has 4 nitrogen and oxygen atoms in total. The van der Waals surface area contributed by atoms with E-state index in [1.165, 1.54) is 17.7 Å². The van der Waals surface area contributed by atoms with Crippen LogP contribution in [0, 0.1) is 5.92 Å². The number of carbonyl (C=O) groups is 1. The molecule has 2 aliphatic rings. The molecule has 25 heavy (non-hydrogen) atoms. The normalized spacial score (nSPS) is 22.4. The van der Waals surface area contributed by atoms with Crippen molar-refractivity contribution in [2.45, 2.75) is 25.1 Å². The Kier molecular flexibility index (Phi) is 6.35. The molecule has 0 bridgehead atoms. The number of hydrogen-bond acceptors (Lipinski definition) is 3. The largest absolute Gasteiger partial charge is 0.573 e. The molecule has 0 radical (unpaired) electrons. The standard InChI is InChI=1S/C17H19F3N2O2.ClH/c18-17(19,20)24-15-4-2-1-3-12(15)13-9-14(13)16(23)22-10-11-5-7-21-8-6-11;/h1-5,13-14,21H,6-10H2,(H,22,23);1H. The Labute approximate surface area is 150 Å². The molecule has 2 N–H and O–H groups in total. The minimum Gasteiger partial charge on any atom is -0.405 e. The van der Waals surface area contributed by atoms with Crippen LogP contribution in [0.5, 0.6) is 5.75 Å². The van der Waals surface area contributed by atoms with Gasteiger partial charge in [0.1, 0.15) is 5.75 Å². The summed E-state index contributed by atoms with van der Waals surface area (Å²) in [7, 11) is 0. The van der Waals surface area contributed by atoms with Gasteiger partial charge in [-0.1, -0.05) is 29.8 Å². The first-order chi connectivity index (χ1) is 11.4. The zero-order valence-corrected chi connectivity index (χ0v) is 14.3. The highest BCUT2D eigenvalue weighted by Crippen LogP contribution is 2.51. The summed E-state index contributed by atoms with van der Waals surface area (Å²) >= 11 is 0. The second-order valence-electron chi connectivity index (χ2n) is 6.07. The second-order valence-corrected chi connectivity index (χ2v) is 6.07. The van der Waals surface area contributed by atoms with E-state index in [4.69, 9.17) is 0 Å². The Morgan fingerprint density at radius 3 is 2.76 bits per heavy atom. The van der Waals surface area contributed by atoms with Crippen molar-refractivity contribution in [3.05, 3.63) is 41.5 Å². The van der Waals surface area contributed by atoms with E-state index in [1.807, 2.05) is 0 Å². The summed E-state index contributed by atoms with van der Waals surface area (Å²) in [5.74, 6) is -0.830. The lowest BCUT2D eigenvalue weighted by atomic mass is 10.1. The Morgan fingerprint density at radius 2 is 2.08 bits per heavy atom. The smallest absolute Gasteiger partial charge is 0.405 e. The van der Waals surface area contributed by atoms with Crippen LogP contribution in [-0.2, 0) is 4.79 Å². The quantitative estimate of drug-likeness (QED) is 0.776. The minimum absolute atomic E-state index is 0. The van der Waals surface area contributed by atoms with Crippen molar-refractivity contribution < 1.29 is 22.7 Å². The van der Waals surface area contributed by atoms with Crippen LogP contribution in [0.2, 0.25) is 0 Å². The van der Waals surface area contributed by atoms with Gasteiger partial charge < -0.3 is 15.4 Å². The molecule has 1 aromatic carbocycles. The van der Waals surface area contributed by atoms with Crippen molar-refractivity contribution in [1.29, 1.82) is 0 Å². The number of alkyl halides is 3. The van der Waals surface area contributed by atoms with Crippen LogP contribution in [0.4, 0.5) is 13.2 Å². The number of carbonyl (C=O) groups excluding carboxylic acids is 1. The van der Waals surface area contributed by atoms with E-state index < -0.39 is 6.36 Å². The Hall–Kier alpha value is -1.73. The fourth-order valence-electron chi connectivity index (χ4n) is 2.99. The van der Waals surface area contributed by atoms with Crippen molar-refractivity contribution in [2.75, 3.05) is 19.6 Å². The summed E-state index contributed by atoms with van der Waals surface area (Å²) < 4.78 is 41.5. The van der Waals surface area contributed by atoms with E-state index in [0.717, 1.165) is 19.5 Å². The summed E-state index contributed by atoms with van der Waals surface area (Å²) in [6.07, 6.45) is -1.23. The molecule has 138 valence electrons. The topological polar surface area (TPSA) is 50.4 Å². The monoisotopic (exact) mass is 376 g/mol. The molecule has 1 fully saturated rings. The molecule has 2 unspecified atom stereocenters. The first-order valence-corrected chi connectivity index (χ1v) is 7.95. The van der Waals surface area contributed by atoms with Crippen LogP contribution in [-0.4, -0.2) is 31.9 Å². The number of halogens is 4. The molecule has 0 spiro atoms. The van der Waals surface area contributed by atoms with Crippen LogP contribution >= 0.6 is 12.4 Å². The molecular formula is C17H20ClF3N2O2. The average Bonchev–Trinajstić information content (AvgIpc) is 3.33. The number of para-hydroxylation sites is 1. The molecule has 8 heteroatoms. The van der Waals surface area contributed by atoms with E-state index >= 15 is 0 Å². The molecule has 1 amide bonds. The van der Waals surface area contributed by atoms with Crippen LogP contribution < -0.4 is 15.4 Å². The number of ether oxygens (including phenoxy) is 1. The summed E-state index contributed by atoms with van der Waals surface area (Å²) in [5, 5.41) is 6.08. The fraction of sp³-hybridized carbons (Fsp3) is 0.471. The van der Waals surface area contributed by atoms with E-state index in [9.17, 15) is 18.0 Å². The summed E-state index contributed by atoms with van der Waals surface area (Å²) in [4.78, 5) is 12.2. The number of rotatable bonds is 5. The van der Waals surface area contributed by atoms with Gasteiger partial charge in [0, 0.05) is 19.0 Å². The second kappa shape index (κ2) is 8.10. The number of amides is 1. The number of nitrogens with one attached hydrogen (secondary N) is 2. The highest BCUT2D eigenvalue weighted by molar-refractivity contribution is 5.85. The summed E-state index contributed by atoms with van der Waals surface area (Å²) in [6, 6.07) is 6.03. The fourth-order valence-corrected chi connectivity index (χ4v) is 2.99. The molecule has 1 saturated carbocycles. The highest BCUT2D eigenvalue weighted by atomic mass is 35.5. The predicted octanol–water partition coefficient (Wildman–Crippen LogP) is 3.15. The van der Waals surface area contributed by atoms with Crippen molar-refractivity contribution in [3.63, 3.8) is 0 Å². The van der Waals surface area contributed by atoms with E-state index in [0.29, 0.717) is 18.5 Å². The summed E-state index contributed by atoms with van der Waals surface area (Å²) in [5.41, 5.74) is 1.62. The SMILES string of the molecule is Cl.O=C(NCC1=CCNCC1)C1CC1c1ccccc1OC(F)(F)F. The molecule has 1 aromatic rings. The highest BCUT2D eigenvalue weighted by Gasteiger charge is 2.46. The van der Waals surface area contributed by atoms with Gasteiger partial charge in [0.2, 0.25) is 5.91 Å². The van der Waals surface area contributed by atoms with Gasteiger partial charge >= 0.3 is 6.36 Å². The van der Waals surface area contributed by atoms with Gasteiger partial charge in [0.25, 0.3) is 0 Å². The molecule has 1 heterocycles. The number of benzene rings is 1. The van der Waals surface area contributed by atoms with Gasteiger partial charge in [-0.05, 0) is 36.9 Å². The maximum atomic E-state index is 12.5. The predicted molar refractivity (Wildman–Crippen MR) is 89.8 cm³/mol. The molecular weight excluding hydrogens is 357 g/mol. The average molecular weight is 377 g/mol. The van der Waals surface area contributed by atoms with Gasteiger partial charge in [-0.3, -0.25) is 4.79 Å². The van der Waals surface area contributed by atoms with Crippen molar-refractivity contribution >= 4 is 18.3 Å². The Morgan fingerprint density at radius 1 is 1.32 bits per heavy atom. The lowest BCUT2D eigenvalue weighted by molar-refractivity contribution is -0.274. The molecule has 1 aliphatic carbocycles. The van der Waals surface area contributed by atoms with Crippen LogP contribution in [0.1, 0.15) is 24.3 Å². The van der Waals surface area contributed by atoms with Crippen molar-refractivity contribution in [2.24, 2.45) is 5.92 Å². The van der Waals surface area contributed by atoms with Gasteiger partial charge in [0.15, 0.2) is 0 Å². The van der Waals surface area contributed by atoms with Crippen molar-refractivity contribution in [3.8, 4) is 5.75 Å². The van der Waals surface area contributed by atoms with E-state index in [-0.39, 0.29) is 35.9 Å². The van der Waals surface area contributed by atoms with Crippen molar-refractivity contribution in [1.82, 2.24) is 10.6 Å². The van der Waals surface area contributed by atoms with Crippen LogP contribution in [0.25, 0.3) is 0 Å². The molecule has 0 aromatic heterocycles. The molecule has 3 rings (SSSR count). The first-order valence-electron chi connectivity index (χ1n) is 7.95. The van der Waals surface area contributed by atoms with Gasteiger partial charge in [-0.25, -0.2) is 0 Å². The maximum Gasteiger partial charge on any atom is 0.573 e. The van der Waals surface area contributed by atoms with Gasteiger partial charge in [-0.2, -0.15) is 0 Å². The third kappa shape index (κ3) is 5.37. The number of hydrogen-bond donors (Lipinski definition) is 2. The van der Waals surface area contributed by atoms with E-state index in [1.54, 1.807) is 12.1 Å². The maximum absolute atomic E-state index is 12.5. The van der Waals surface area contributed by atoms with Gasteiger partial charge in [-0.15, -0.1) is 25.6 Å². The lowest BCUT2D eigenvalue weighted by Crippen LogP contribution is -2.30. The zero-order valence-electron chi connectivity index (χ0n) is 13.4. The van der Waals surface area contributed by atoms with Gasteiger partial charge in [0.05, 0.1) is 0 Å². The third-order valence-electron chi connectivity index (χ3n) is 4.32. The summed E-state index contributed by atoms with van der Waals surface area (Å²) in [6.45, 7) is 2.21. The first kappa shape index (κ1) is 19.6.